The summed E-state index contributed by atoms with van der Waals surface area (Å²) < 4.78 is 0. The molecule has 3 nitrogen and oxygen atoms in total. The van der Waals surface area contributed by atoms with Crippen molar-refractivity contribution in [2.75, 3.05) is 20.1 Å². The Hall–Kier alpha value is -1.35. The summed E-state index contributed by atoms with van der Waals surface area (Å²) >= 11 is 0. The maximum absolute atomic E-state index is 11.1. The van der Waals surface area contributed by atoms with E-state index in [4.69, 9.17) is 5.11 Å². The quantitative estimate of drug-likeness (QED) is 0.817. The van der Waals surface area contributed by atoms with Crippen molar-refractivity contribution in [3.05, 3.63) is 35.9 Å². The molecule has 92 valence electrons. The van der Waals surface area contributed by atoms with Gasteiger partial charge in [-0.15, -0.1) is 0 Å². The third-order valence-electron chi connectivity index (χ3n) is 3.50. The van der Waals surface area contributed by atoms with E-state index in [-0.39, 0.29) is 0 Å². The van der Waals surface area contributed by atoms with E-state index < -0.39 is 11.4 Å². The Morgan fingerprint density at radius 2 is 2.00 bits per heavy atom. The zero-order chi connectivity index (χ0) is 12.3. The summed E-state index contributed by atoms with van der Waals surface area (Å²) in [6.07, 6.45) is 2.64. The molecular formula is C14H19NO2. The fourth-order valence-electron chi connectivity index (χ4n) is 2.15. The van der Waals surface area contributed by atoms with Crippen LogP contribution in [0.15, 0.2) is 30.3 Å². The third-order valence-corrected chi connectivity index (χ3v) is 3.50. The molecule has 17 heavy (non-hydrogen) atoms. The van der Waals surface area contributed by atoms with Crippen LogP contribution in [0.4, 0.5) is 0 Å². The largest absolute Gasteiger partial charge is 0.481 e. The summed E-state index contributed by atoms with van der Waals surface area (Å²) in [6, 6.07) is 10.3. The predicted molar refractivity (Wildman–Crippen MR) is 66.9 cm³/mol. The summed E-state index contributed by atoms with van der Waals surface area (Å²) in [5.41, 5.74) is 0.866. The minimum absolute atomic E-state index is 0.439. The number of hydrogen-bond acceptors (Lipinski definition) is 2. The van der Waals surface area contributed by atoms with Crippen molar-refractivity contribution in [3.8, 4) is 0 Å². The summed E-state index contributed by atoms with van der Waals surface area (Å²) in [6.45, 7) is 1.59. The van der Waals surface area contributed by atoms with Gasteiger partial charge in [0.15, 0.2) is 0 Å². The lowest BCUT2D eigenvalue weighted by molar-refractivity contribution is -0.144. The van der Waals surface area contributed by atoms with E-state index in [0.717, 1.165) is 25.8 Å². The highest BCUT2D eigenvalue weighted by atomic mass is 16.4. The lowest BCUT2D eigenvalue weighted by Crippen LogP contribution is -2.33. The molecule has 1 aliphatic carbocycles. The Kier molecular flexibility index (Phi) is 3.48. The van der Waals surface area contributed by atoms with Gasteiger partial charge in [-0.2, -0.15) is 0 Å². The summed E-state index contributed by atoms with van der Waals surface area (Å²) in [5, 5.41) is 9.11. The molecule has 0 saturated heterocycles. The molecule has 0 radical (unpaired) electrons. The summed E-state index contributed by atoms with van der Waals surface area (Å²) in [4.78, 5) is 13.2. The molecule has 1 saturated carbocycles. The van der Waals surface area contributed by atoms with Crippen LogP contribution >= 0.6 is 0 Å². The monoisotopic (exact) mass is 233 g/mol. The van der Waals surface area contributed by atoms with Crippen LogP contribution in [0.3, 0.4) is 0 Å². The minimum Gasteiger partial charge on any atom is -0.481 e. The number of benzene rings is 1. The van der Waals surface area contributed by atoms with Crippen LogP contribution in [-0.4, -0.2) is 36.1 Å². The Balaban J connectivity index is 1.79. The molecule has 1 aromatic rings. The van der Waals surface area contributed by atoms with Crippen LogP contribution in [-0.2, 0) is 11.2 Å². The molecule has 0 atom stereocenters. The molecule has 1 fully saturated rings. The van der Waals surface area contributed by atoms with Gasteiger partial charge in [-0.1, -0.05) is 30.3 Å². The van der Waals surface area contributed by atoms with Crippen LogP contribution in [0.5, 0.6) is 0 Å². The number of carboxylic acid groups (broad SMARTS) is 1. The molecule has 1 aromatic carbocycles. The van der Waals surface area contributed by atoms with Gasteiger partial charge < -0.3 is 10.0 Å². The number of nitrogens with zero attached hydrogens (tertiary/aromatic N) is 1. The lowest BCUT2D eigenvalue weighted by atomic mass is 10.1. The number of aliphatic carboxylic acids is 1. The average Bonchev–Trinajstić information content (AvgIpc) is 3.09. The van der Waals surface area contributed by atoms with Crippen molar-refractivity contribution in [1.29, 1.82) is 0 Å². The van der Waals surface area contributed by atoms with Gasteiger partial charge in [-0.3, -0.25) is 4.79 Å². The number of carbonyl (C=O) groups is 1. The first kappa shape index (κ1) is 12.1. The lowest BCUT2D eigenvalue weighted by Gasteiger charge is -2.20. The maximum Gasteiger partial charge on any atom is 0.310 e. The first-order valence-electron chi connectivity index (χ1n) is 6.08. The molecule has 0 heterocycles. The molecule has 0 aliphatic heterocycles. The molecule has 1 aliphatic rings. The standard InChI is InChI=1S/C14H19NO2/c1-15(11-14(8-9-14)13(16)17)10-7-12-5-3-2-4-6-12/h2-6H,7-11H2,1H3,(H,16,17). The maximum atomic E-state index is 11.1. The van der Waals surface area contributed by atoms with E-state index in [9.17, 15) is 4.79 Å². The Morgan fingerprint density at radius 1 is 1.35 bits per heavy atom. The highest BCUT2D eigenvalue weighted by Crippen LogP contribution is 2.46. The molecule has 0 spiro atoms. The fraction of sp³-hybridized carbons (Fsp3) is 0.500. The van der Waals surface area contributed by atoms with Gasteiger partial charge in [-0.05, 0) is 31.9 Å². The first-order chi connectivity index (χ1) is 8.12. The number of likely N-dealkylation sites (N-methyl/N-ethyl adjacent to an activating group) is 1. The molecule has 0 unspecified atom stereocenters. The Labute approximate surface area is 102 Å². The fourth-order valence-corrected chi connectivity index (χ4v) is 2.15. The van der Waals surface area contributed by atoms with E-state index in [2.05, 4.69) is 17.0 Å². The van der Waals surface area contributed by atoms with E-state index in [1.54, 1.807) is 0 Å². The minimum atomic E-state index is -0.635. The van der Waals surface area contributed by atoms with Gasteiger partial charge in [0.2, 0.25) is 0 Å². The second-order valence-corrected chi connectivity index (χ2v) is 5.06. The Bertz CT molecular complexity index is 384. The molecule has 3 heteroatoms. The van der Waals surface area contributed by atoms with Crippen LogP contribution in [0, 0.1) is 5.41 Å². The molecular weight excluding hydrogens is 214 g/mol. The number of carboxylic acids is 1. The smallest absolute Gasteiger partial charge is 0.310 e. The highest BCUT2D eigenvalue weighted by molar-refractivity contribution is 5.78. The molecule has 0 amide bonds. The van der Waals surface area contributed by atoms with E-state index >= 15 is 0 Å². The third kappa shape index (κ3) is 3.07. The van der Waals surface area contributed by atoms with Gasteiger partial charge >= 0.3 is 5.97 Å². The van der Waals surface area contributed by atoms with Gasteiger partial charge in [0.25, 0.3) is 0 Å². The van der Waals surface area contributed by atoms with Crippen molar-refractivity contribution in [3.63, 3.8) is 0 Å². The average molecular weight is 233 g/mol. The zero-order valence-electron chi connectivity index (χ0n) is 10.2. The molecule has 1 N–H and O–H groups in total. The molecule has 0 bridgehead atoms. The second-order valence-electron chi connectivity index (χ2n) is 5.06. The van der Waals surface area contributed by atoms with Crippen LogP contribution < -0.4 is 0 Å². The van der Waals surface area contributed by atoms with E-state index in [1.807, 2.05) is 25.2 Å². The van der Waals surface area contributed by atoms with Crippen molar-refractivity contribution >= 4 is 5.97 Å². The van der Waals surface area contributed by atoms with Crippen LogP contribution in [0.2, 0.25) is 0 Å². The van der Waals surface area contributed by atoms with Crippen LogP contribution in [0.25, 0.3) is 0 Å². The zero-order valence-corrected chi connectivity index (χ0v) is 10.2. The SMILES string of the molecule is CN(CCc1ccccc1)CC1(C(=O)O)CC1. The first-order valence-corrected chi connectivity index (χ1v) is 6.08. The second kappa shape index (κ2) is 4.88. The van der Waals surface area contributed by atoms with E-state index in [0.29, 0.717) is 6.54 Å². The van der Waals surface area contributed by atoms with Crippen molar-refractivity contribution in [1.82, 2.24) is 4.90 Å². The van der Waals surface area contributed by atoms with Gasteiger partial charge in [-0.25, -0.2) is 0 Å². The van der Waals surface area contributed by atoms with Crippen LogP contribution in [0.1, 0.15) is 18.4 Å². The topological polar surface area (TPSA) is 40.5 Å². The van der Waals surface area contributed by atoms with Gasteiger partial charge in [0, 0.05) is 13.1 Å². The molecule has 0 aromatic heterocycles. The van der Waals surface area contributed by atoms with Gasteiger partial charge in [0.1, 0.15) is 0 Å². The highest BCUT2D eigenvalue weighted by Gasteiger charge is 2.50. The van der Waals surface area contributed by atoms with Gasteiger partial charge in [0.05, 0.1) is 5.41 Å². The van der Waals surface area contributed by atoms with Crippen molar-refractivity contribution in [2.45, 2.75) is 19.3 Å². The molecule has 2 rings (SSSR count). The summed E-state index contributed by atoms with van der Waals surface area (Å²) in [5.74, 6) is -0.635. The number of hydrogen-bond donors (Lipinski definition) is 1. The number of rotatable bonds is 6. The normalized spacial score (nSPS) is 17.1. The predicted octanol–water partition coefficient (Wildman–Crippen LogP) is 2.03. The van der Waals surface area contributed by atoms with Crippen molar-refractivity contribution in [2.24, 2.45) is 5.41 Å². The Morgan fingerprint density at radius 3 is 2.53 bits per heavy atom. The van der Waals surface area contributed by atoms with Crippen molar-refractivity contribution < 1.29 is 9.90 Å². The van der Waals surface area contributed by atoms with E-state index in [1.165, 1.54) is 5.56 Å². The summed E-state index contributed by atoms with van der Waals surface area (Å²) in [7, 11) is 2.01.